The fraction of sp³-hybridized carbons (Fsp3) is 0.429. The number of anilines is 3. The molecule has 0 radical (unpaired) electrons. The number of benzene rings is 1. The predicted octanol–water partition coefficient (Wildman–Crippen LogP) is 2.76. The lowest BCUT2D eigenvalue weighted by Crippen LogP contribution is -2.43. The van der Waals surface area contributed by atoms with Gasteiger partial charge in [-0.3, -0.25) is 14.2 Å². The molecule has 2 aromatic heterocycles. The lowest BCUT2D eigenvalue weighted by Gasteiger charge is -2.25. The van der Waals surface area contributed by atoms with Gasteiger partial charge in [0, 0.05) is 42.6 Å². The summed E-state index contributed by atoms with van der Waals surface area (Å²) >= 11 is 1.77. The first-order chi connectivity index (χ1) is 14.9. The van der Waals surface area contributed by atoms with Crippen LogP contribution in [0.25, 0.3) is 11.2 Å². The van der Waals surface area contributed by atoms with Crippen LogP contribution < -0.4 is 21.8 Å². The van der Waals surface area contributed by atoms with E-state index < -0.39 is 11.1 Å². The Kier molecular flexibility index (Phi) is 4.98. The number of fused-ring (bicyclic) bond motifs is 2. The van der Waals surface area contributed by atoms with Gasteiger partial charge < -0.3 is 19.9 Å². The van der Waals surface area contributed by atoms with Gasteiger partial charge in [-0.2, -0.15) is 4.98 Å². The van der Waals surface area contributed by atoms with Crippen molar-refractivity contribution in [3.63, 3.8) is 0 Å². The van der Waals surface area contributed by atoms with Crippen molar-refractivity contribution in [1.29, 1.82) is 0 Å². The van der Waals surface area contributed by atoms with E-state index in [9.17, 15) is 9.59 Å². The van der Waals surface area contributed by atoms with Crippen molar-refractivity contribution in [3.05, 3.63) is 44.6 Å². The number of hydrogen-bond acceptors (Lipinski definition) is 8. The van der Waals surface area contributed by atoms with Gasteiger partial charge in [0.1, 0.15) is 5.52 Å². The zero-order valence-corrected chi connectivity index (χ0v) is 18.5. The molecule has 10 heteroatoms. The topological polar surface area (TPSA) is 103 Å². The average Bonchev–Trinajstić information content (AvgIpc) is 3.12. The molecule has 0 saturated carbocycles. The molecule has 0 aliphatic carbocycles. The van der Waals surface area contributed by atoms with Gasteiger partial charge in [-0.15, -0.1) is 0 Å². The molecule has 4 heterocycles. The molecule has 1 unspecified atom stereocenters. The van der Waals surface area contributed by atoms with Crippen LogP contribution >= 0.6 is 11.8 Å². The Bertz CT molecular complexity index is 1290. The number of aromatic nitrogens is 4. The summed E-state index contributed by atoms with van der Waals surface area (Å²) in [6.07, 6.45) is 2.94. The highest BCUT2D eigenvalue weighted by atomic mass is 32.2. The first kappa shape index (κ1) is 20.1. The van der Waals surface area contributed by atoms with Crippen LogP contribution in [0, 0.1) is 6.92 Å². The molecule has 5 rings (SSSR count). The van der Waals surface area contributed by atoms with Crippen molar-refractivity contribution in [1.82, 2.24) is 19.1 Å². The maximum Gasteiger partial charge on any atom is 0.318 e. The van der Waals surface area contributed by atoms with Gasteiger partial charge in [-0.05, 0) is 44.4 Å². The number of nitrogens with zero attached hydrogens (tertiary/aromatic N) is 4. The number of nitrogens with one attached hydrogen (secondary N) is 2. The summed E-state index contributed by atoms with van der Waals surface area (Å²) in [5, 5.41) is 7.07. The molecular formula is C21H24N6O3S. The van der Waals surface area contributed by atoms with Crippen LogP contribution in [0.1, 0.15) is 31.4 Å². The molecule has 3 aromatic rings. The zero-order chi connectivity index (χ0) is 21.7. The van der Waals surface area contributed by atoms with Gasteiger partial charge in [-0.25, -0.2) is 4.98 Å². The van der Waals surface area contributed by atoms with E-state index in [1.165, 1.54) is 14.0 Å². The van der Waals surface area contributed by atoms with Crippen molar-refractivity contribution >= 4 is 40.2 Å². The highest BCUT2D eigenvalue weighted by Crippen LogP contribution is 2.41. The molecule has 0 amide bonds. The minimum Gasteiger partial charge on any atom is -0.381 e. The SMILES string of the molecule is Cc1cc2c(cc1Nc1ncc3c(n1)n(C1CCOCC1)c(=O)c(=O)n3C)SC(C)N2. The number of aryl methyl sites for hydroxylation is 2. The molecular weight excluding hydrogens is 416 g/mol. The van der Waals surface area contributed by atoms with E-state index in [0.29, 0.717) is 48.5 Å². The standard InChI is InChI=1S/C21H24N6O3S/c1-11-8-15-17(31-12(2)23-15)9-14(11)24-21-22-10-16-18(25-21)27(13-4-6-30-7-5-13)20(29)19(28)26(16)3/h8-10,12-13,23H,4-7H2,1-3H3,(H,22,24,25). The van der Waals surface area contributed by atoms with Crippen LogP contribution in [0.4, 0.5) is 17.3 Å². The lowest BCUT2D eigenvalue weighted by atomic mass is 10.1. The van der Waals surface area contributed by atoms with Crippen LogP contribution in [-0.4, -0.2) is 37.7 Å². The predicted molar refractivity (Wildman–Crippen MR) is 122 cm³/mol. The zero-order valence-electron chi connectivity index (χ0n) is 17.6. The van der Waals surface area contributed by atoms with Gasteiger partial charge >= 0.3 is 11.1 Å². The van der Waals surface area contributed by atoms with E-state index in [-0.39, 0.29) is 6.04 Å². The normalized spacial score (nSPS) is 18.7. The van der Waals surface area contributed by atoms with Crippen LogP contribution in [0.5, 0.6) is 0 Å². The van der Waals surface area contributed by atoms with Gasteiger partial charge in [-0.1, -0.05) is 11.8 Å². The Labute approximate surface area is 182 Å². The molecule has 2 N–H and O–H groups in total. The molecule has 1 atom stereocenters. The summed E-state index contributed by atoms with van der Waals surface area (Å²) in [5.41, 5.74) is 2.95. The smallest absolute Gasteiger partial charge is 0.318 e. The van der Waals surface area contributed by atoms with E-state index in [1.54, 1.807) is 25.0 Å². The minimum atomic E-state index is -0.573. The third-order valence-electron chi connectivity index (χ3n) is 5.84. The summed E-state index contributed by atoms with van der Waals surface area (Å²) in [6.45, 7) is 5.27. The highest BCUT2D eigenvalue weighted by Gasteiger charge is 2.23. The first-order valence-electron chi connectivity index (χ1n) is 10.3. The van der Waals surface area contributed by atoms with Crippen LogP contribution in [0.3, 0.4) is 0 Å². The van der Waals surface area contributed by atoms with Gasteiger partial charge in [0.2, 0.25) is 5.95 Å². The number of rotatable bonds is 3. The monoisotopic (exact) mass is 440 g/mol. The Morgan fingerprint density at radius 3 is 2.77 bits per heavy atom. The molecule has 162 valence electrons. The summed E-state index contributed by atoms with van der Waals surface area (Å²) < 4.78 is 8.29. The lowest BCUT2D eigenvalue weighted by molar-refractivity contribution is 0.0695. The van der Waals surface area contributed by atoms with Crippen molar-refractivity contribution in [2.75, 3.05) is 23.8 Å². The highest BCUT2D eigenvalue weighted by molar-refractivity contribution is 8.00. The van der Waals surface area contributed by atoms with E-state index in [1.807, 2.05) is 6.92 Å². The van der Waals surface area contributed by atoms with E-state index in [4.69, 9.17) is 4.74 Å². The summed E-state index contributed by atoms with van der Waals surface area (Å²) in [6, 6.07) is 4.08. The van der Waals surface area contributed by atoms with Crippen LogP contribution in [0.2, 0.25) is 0 Å². The molecule has 31 heavy (non-hydrogen) atoms. The second-order valence-electron chi connectivity index (χ2n) is 7.98. The fourth-order valence-electron chi connectivity index (χ4n) is 4.17. The summed E-state index contributed by atoms with van der Waals surface area (Å²) in [5.74, 6) is 0.387. The molecule has 0 spiro atoms. The Morgan fingerprint density at radius 2 is 2.00 bits per heavy atom. The fourth-order valence-corrected chi connectivity index (χ4v) is 5.16. The molecule has 1 saturated heterocycles. The molecule has 0 bridgehead atoms. The molecule has 2 aliphatic heterocycles. The third kappa shape index (κ3) is 3.49. The Balaban J connectivity index is 1.60. The van der Waals surface area contributed by atoms with Crippen molar-refractivity contribution < 1.29 is 4.74 Å². The second-order valence-corrected chi connectivity index (χ2v) is 9.36. The van der Waals surface area contributed by atoms with Crippen molar-refractivity contribution in [3.8, 4) is 0 Å². The third-order valence-corrected chi connectivity index (χ3v) is 6.90. The molecule has 2 aliphatic rings. The largest absolute Gasteiger partial charge is 0.381 e. The number of ether oxygens (including phenoxy) is 1. The number of hydrogen-bond donors (Lipinski definition) is 2. The molecule has 1 aromatic carbocycles. The summed E-state index contributed by atoms with van der Waals surface area (Å²) in [7, 11) is 1.58. The Hall–Kier alpha value is -2.85. The average molecular weight is 441 g/mol. The quantitative estimate of drug-likeness (QED) is 0.600. The van der Waals surface area contributed by atoms with E-state index in [2.05, 4.69) is 39.7 Å². The molecule has 1 fully saturated rings. The summed E-state index contributed by atoms with van der Waals surface area (Å²) in [4.78, 5) is 35.7. The van der Waals surface area contributed by atoms with Crippen molar-refractivity contribution in [2.45, 2.75) is 43.0 Å². The van der Waals surface area contributed by atoms with Gasteiger partial charge in [0.05, 0.1) is 11.6 Å². The molecule has 9 nitrogen and oxygen atoms in total. The van der Waals surface area contributed by atoms with E-state index >= 15 is 0 Å². The van der Waals surface area contributed by atoms with Gasteiger partial charge in [0.15, 0.2) is 5.65 Å². The maximum absolute atomic E-state index is 12.9. The van der Waals surface area contributed by atoms with E-state index in [0.717, 1.165) is 16.9 Å². The van der Waals surface area contributed by atoms with Gasteiger partial charge in [0.25, 0.3) is 0 Å². The van der Waals surface area contributed by atoms with Crippen LogP contribution in [0.15, 0.2) is 32.8 Å². The minimum absolute atomic E-state index is 0.119. The van der Waals surface area contributed by atoms with Crippen LogP contribution in [-0.2, 0) is 11.8 Å². The number of thioether (sulfide) groups is 1. The Morgan fingerprint density at radius 1 is 1.23 bits per heavy atom. The van der Waals surface area contributed by atoms with Crippen molar-refractivity contribution in [2.24, 2.45) is 7.05 Å². The maximum atomic E-state index is 12.9. The second kappa shape index (κ2) is 7.69. The first-order valence-corrected chi connectivity index (χ1v) is 11.2.